The summed E-state index contributed by atoms with van der Waals surface area (Å²) in [6.07, 6.45) is 1.62. The predicted octanol–water partition coefficient (Wildman–Crippen LogP) is 5.40. The van der Waals surface area contributed by atoms with Crippen LogP contribution in [0, 0.1) is 0 Å². The Bertz CT molecular complexity index is 581. The van der Waals surface area contributed by atoms with Crippen molar-refractivity contribution in [1.29, 1.82) is 0 Å². The van der Waals surface area contributed by atoms with Crippen molar-refractivity contribution in [3.8, 4) is 0 Å². The second-order valence-electron chi connectivity index (χ2n) is 3.40. The third kappa shape index (κ3) is 3.19. The quantitative estimate of drug-likeness (QED) is 0.548. The fourth-order valence-electron chi connectivity index (χ4n) is 1.31. The molecule has 0 unspecified atom stereocenters. The van der Waals surface area contributed by atoms with Crippen molar-refractivity contribution < 1.29 is 4.79 Å². The summed E-state index contributed by atoms with van der Waals surface area (Å²) < 4.78 is 1.35. The van der Waals surface area contributed by atoms with E-state index in [4.69, 9.17) is 23.2 Å². The van der Waals surface area contributed by atoms with Gasteiger partial charge in [-0.05, 0) is 42.8 Å². The summed E-state index contributed by atoms with van der Waals surface area (Å²) >= 11 is 14.4. The lowest BCUT2D eigenvalue weighted by Crippen LogP contribution is -1.90. The first kappa shape index (κ1) is 12.8. The highest BCUT2D eigenvalue weighted by molar-refractivity contribution is 7.18. The highest BCUT2D eigenvalue weighted by Crippen LogP contribution is 2.28. The highest BCUT2D eigenvalue weighted by Gasteiger charge is 2.08. The van der Waals surface area contributed by atoms with E-state index < -0.39 is 0 Å². The van der Waals surface area contributed by atoms with Gasteiger partial charge in [-0.25, -0.2) is 0 Å². The molecule has 5 heteroatoms. The van der Waals surface area contributed by atoms with E-state index >= 15 is 0 Å². The molecule has 0 aliphatic heterocycles. The molecule has 0 aliphatic rings. The minimum absolute atomic E-state index is 0.0241. The second kappa shape index (κ2) is 5.36. The molecule has 0 radical (unpaired) electrons. The molecule has 0 N–H and O–H groups in total. The molecule has 17 heavy (non-hydrogen) atoms. The van der Waals surface area contributed by atoms with Gasteiger partial charge in [0.15, 0.2) is 5.78 Å². The summed E-state index contributed by atoms with van der Waals surface area (Å²) in [7, 11) is 0. The van der Waals surface area contributed by atoms with Crippen LogP contribution < -0.4 is 0 Å². The number of allylic oxidation sites excluding steroid dienone is 2. The molecule has 0 saturated heterocycles. The van der Waals surface area contributed by atoms with E-state index in [9.17, 15) is 4.79 Å². The van der Waals surface area contributed by atoms with Crippen LogP contribution in [0.1, 0.15) is 21.5 Å². The first-order valence-electron chi connectivity index (χ1n) is 4.80. The molecule has 0 bridgehead atoms. The summed E-state index contributed by atoms with van der Waals surface area (Å²) in [5.74, 6) is -0.0241. The molecule has 0 aliphatic carbocycles. The van der Waals surface area contributed by atoms with E-state index in [0.29, 0.717) is 9.21 Å². The van der Waals surface area contributed by atoms with Crippen molar-refractivity contribution in [3.05, 3.63) is 48.8 Å². The Balaban J connectivity index is 2.22. The Morgan fingerprint density at radius 2 is 1.59 bits per heavy atom. The van der Waals surface area contributed by atoms with Crippen LogP contribution in [0.2, 0.25) is 8.67 Å². The molecule has 2 heterocycles. The second-order valence-corrected chi connectivity index (χ2v) is 6.83. The van der Waals surface area contributed by atoms with Gasteiger partial charge in [-0.3, -0.25) is 4.79 Å². The van der Waals surface area contributed by atoms with Crippen molar-refractivity contribution in [2.24, 2.45) is 0 Å². The largest absolute Gasteiger partial charge is 0.288 e. The van der Waals surface area contributed by atoms with Gasteiger partial charge in [0, 0.05) is 4.88 Å². The Kier molecular flexibility index (Phi) is 4.05. The van der Waals surface area contributed by atoms with Crippen molar-refractivity contribution in [3.63, 3.8) is 0 Å². The maximum absolute atomic E-state index is 11.9. The summed E-state index contributed by atoms with van der Waals surface area (Å²) in [6, 6.07) is 7.20. The molecule has 0 aromatic carbocycles. The normalized spacial score (nSPS) is 11.8. The van der Waals surface area contributed by atoms with Crippen molar-refractivity contribution in [2.75, 3.05) is 0 Å². The van der Waals surface area contributed by atoms with Gasteiger partial charge < -0.3 is 0 Å². The molecule has 2 rings (SSSR count). The molecule has 0 amide bonds. The Labute approximate surface area is 117 Å². The van der Waals surface area contributed by atoms with Crippen LogP contribution in [0.3, 0.4) is 0 Å². The molecule has 1 nitrogen and oxygen atoms in total. The number of thiophene rings is 2. The molecule has 0 atom stereocenters. The third-order valence-corrected chi connectivity index (χ3v) is 4.74. The van der Waals surface area contributed by atoms with E-state index in [-0.39, 0.29) is 5.78 Å². The van der Waals surface area contributed by atoms with Crippen molar-refractivity contribution in [1.82, 2.24) is 0 Å². The zero-order valence-corrected chi connectivity index (χ0v) is 12.0. The predicted molar refractivity (Wildman–Crippen MR) is 76.6 cm³/mol. The van der Waals surface area contributed by atoms with Crippen LogP contribution in [0.4, 0.5) is 0 Å². The van der Waals surface area contributed by atoms with Gasteiger partial charge >= 0.3 is 0 Å². The number of carbonyl (C=O) groups excluding carboxylic acids is 1. The van der Waals surface area contributed by atoms with Gasteiger partial charge in [0.05, 0.1) is 13.5 Å². The minimum Gasteiger partial charge on any atom is -0.288 e. The Hall–Kier alpha value is -0.610. The number of rotatable bonds is 3. The lowest BCUT2D eigenvalue weighted by atomic mass is 10.2. The zero-order chi connectivity index (χ0) is 12.4. The van der Waals surface area contributed by atoms with Gasteiger partial charge in [-0.2, -0.15) is 0 Å². The molecule has 0 spiro atoms. The van der Waals surface area contributed by atoms with Crippen LogP contribution in [0.15, 0.2) is 30.3 Å². The van der Waals surface area contributed by atoms with Gasteiger partial charge in [0.2, 0.25) is 0 Å². The summed E-state index contributed by atoms with van der Waals surface area (Å²) in [6.45, 7) is 1.90. The number of halogens is 2. The number of ketones is 1. The van der Waals surface area contributed by atoms with E-state index in [0.717, 1.165) is 14.8 Å². The standard InChI is InChI=1S/C12H8Cl2OS2/c1-7(9-2-4-11(13)16-9)6-8(15)10-3-5-12(14)17-10/h2-6H,1H3. The molecular formula is C12H8Cl2OS2. The molecular weight excluding hydrogens is 295 g/mol. The fraction of sp³-hybridized carbons (Fsp3) is 0.0833. The minimum atomic E-state index is -0.0241. The molecule has 2 aromatic heterocycles. The average molecular weight is 303 g/mol. The maximum Gasteiger partial charge on any atom is 0.196 e. The maximum atomic E-state index is 11.9. The van der Waals surface area contributed by atoms with Gasteiger partial charge in [-0.1, -0.05) is 23.2 Å². The average Bonchev–Trinajstić information content (AvgIpc) is 2.87. The van der Waals surface area contributed by atoms with Gasteiger partial charge in [0.1, 0.15) is 0 Å². The molecule has 0 fully saturated rings. The highest BCUT2D eigenvalue weighted by atomic mass is 35.5. The van der Waals surface area contributed by atoms with Gasteiger partial charge in [-0.15, -0.1) is 22.7 Å². The monoisotopic (exact) mass is 302 g/mol. The Morgan fingerprint density at radius 1 is 1.06 bits per heavy atom. The van der Waals surface area contributed by atoms with Crippen LogP contribution in [-0.4, -0.2) is 5.78 Å². The Morgan fingerprint density at radius 3 is 2.06 bits per heavy atom. The van der Waals surface area contributed by atoms with Gasteiger partial charge in [0.25, 0.3) is 0 Å². The lowest BCUT2D eigenvalue weighted by molar-refractivity contribution is 0.105. The first-order valence-corrected chi connectivity index (χ1v) is 7.19. The topological polar surface area (TPSA) is 17.1 Å². The van der Waals surface area contributed by atoms with E-state index in [1.807, 2.05) is 19.1 Å². The van der Waals surface area contributed by atoms with E-state index in [1.54, 1.807) is 18.2 Å². The van der Waals surface area contributed by atoms with Crippen LogP contribution in [0.5, 0.6) is 0 Å². The summed E-state index contributed by atoms with van der Waals surface area (Å²) in [5.41, 5.74) is 0.913. The van der Waals surface area contributed by atoms with Crippen molar-refractivity contribution >= 4 is 57.2 Å². The van der Waals surface area contributed by atoms with E-state index in [2.05, 4.69) is 0 Å². The fourth-order valence-corrected chi connectivity index (χ4v) is 3.28. The molecule has 88 valence electrons. The van der Waals surface area contributed by atoms with Crippen LogP contribution in [-0.2, 0) is 0 Å². The number of carbonyl (C=O) groups is 1. The van der Waals surface area contributed by atoms with Crippen LogP contribution >= 0.6 is 45.9 Å². The van der Waals surface area contributed by atoms with Crippen LogP contribution in [0.25, 0.3) is 5.57 Å². The lowest BCUT2D eigenvalue weighted by Gasteiger charge is -1.95. The number of hydrogen-bond donors (Lipinski definition) is 0. The molecule has 0 saturated carbocycles. The van der Waals surface area contributed by atoms with E-state index in [1.165, 1.54) is 22.7 Å². The van der Waals surface area contributed by atoms with Crippen molar-refractivity contribution in [2.45, 2.75) is 6.92 Å². The zero-order valence-electron chi connectivity index (χ0n) is 8.87. The molecule has 2 aromatic rings. The first-order chi connectivity index (χ1) is 8.06. The smallest absolute Gasteiger partial charge is 0.196 e. The number of hydrogen-bond acceptors (Lipinski definition) is 3. The summed E-state index contributed by atoms with van der Waals surface area (Å²) in [5, 5.41) is 0. The SMILES string of the molecule is CC(=CC(=O)c1ccc(Cl)s1)c1ccc(Cl)s1. The summed E-state index contributed by atoms with van der Waals surface area (Å²) in [4.78, 5) is 13.6. The third-order valence-electron chi connectivity index (χ3n) is 2.13.